The number of imidazole rings is 1. The average molecular weight is 272 g/mol. The summed E-state index contributed by atoms with van der Waals surface area (Å²) in [6.45, 7) is 3.69. The molecule has 0 aliphatic rings. The van der Waals surface area contributed by atoms with Crippen LogP contribution in [0.2, 0.25) is 0 Å². The third kappa shape index (κ3) is 2.85. The molecule has 0 saturated carbocycles. The van der Waals surface area contributed by atoms with E-state index in [4.69, 9.17) is 10.5 Å². The van der Waals surface area contributed by atoms with Crippen LogP contribution in [0.3, 0.4) is 0 Å². The lowest BCUT2D eigenvalue weighted by molar-refractivity contribution is 0.0600. The zero-order valence-electron chi connectivity index (χ0n) is 11.6. The summed E-state index contributed by atoms with van der Waals surface area (Å²) in [6, 6.07) is 5.44. The molecule has 1 aromatic heterocycles. The normalized spacial score (nSPS) is 10.9. The summed E-state index contributed by atoms with van der Waals surface area (Å²) in [4.78, 5) is 15.7. The molecule has 6 heteroatoms. The van der Waals surface area contributed by atoms with Gasteiger partial charge >= 0.3 is 5.97 Å². The maximum atomic E-state index is 11.6. The van der Waals surface area contributed by atoms with Crippen molar-refractivity contribution in [3.05, 3.63) is 46.8 Å². The highest BCUT2D eigenvalue weighted by atomic mass is 16.5. The predicted molar refractivity (Wildman–Crippen MR) is 76.9 cm³/mol. The SMILES string of the molecule is COC(=O)c1cc(C=Nn2cc(C)nc2N)ccc1C. The van der Waals surface area contributed by atoms with Crippen LogP contribution in [0.25, 0.3) is 0 Å². The lowest BCUT2D eigenvalue weighted by Crippen LogP contribution is -2.04. The zero-order chi connectivity index (χ0) is 14.7. The molecular formula is C14H16N4O2. The van der Waals surface area contributed by atoms with E-state index in [-0.39, 0.29) is 5.97 Å². The first kappa shape index (κ1) is 13.8. The molecule has 2 rings (SSSR count). The molecular weight excluding hydrogens is 256 g/mol. The number of esters is 1. The van der Waals surface area contributed by atoms with Gasteiger partial charge < -0.3 is 10.5 Å². The van der Waals surface area contributed by atoms with E-state index in [9.17, 15) is 4.79 Å². The van der Waals surface area contributed by atoms with Gasteiger partial charge in [-0.1, -0.05) is 12.1 Å². The molecule has 1 heterocycles. The minimum Gasteiger partial charge on any atom is -0.465 e. The van der Waals surface area contributed by atoms with Crippen molar-refractivity contribution < 1.29 is 9.53 Å². The smallest absolute Gasteiger partial charge is 0.338 e. The topological polar surface area (TPSA) is 82.5 Å². The lowest BCUT2D eigenvalue weighted by atomic mass is 10.1. The van der Waals surface area contributed by atoms with Crippen LogP contribution in [0.15, 0.2) is 29.5 Å². The molecule has 104 valence electrons. The van der Waals surface area contributed by atoms with E-state index in [0.29, 0.717) is 11.5 Å². The van der Waals surface area contributed by atoms with Gasteiger partial charge in [-0.2, -0.15) is 5.10 Å². The molecule has 20 heavy (non-hydrogen) atoms. The second kappa shape index (κ2) is 5.56. The van der Waals surface area contributed by atoms with Crippen molar-refractivity contribution in [2.75, 3.05) is 12.8 Å². The van der Waals surface area contributed by atoms with Gasteiger partial charge in [-0.15, -0.1) is 0 Å². The van der Waals surface area contributed by atoms with Crippen molar-refractivity contribution >= 4 is 18.1 Å². The number of nitrogen functional groups attached to an aromatic ring is 1. The van der Waals surface area contributed by atoms with Gasteiger partial charge in [-0.25, -0.2) is 14.5 Å². The minimum absolute atomic E-state index is 0.319. The number of anilines is 1. The van der Waals surface area contributed by atoms with Crippen molar-refractivity contribution in [2.24, 2.45) is 5.10 Å². The van der Waals surface area contributed by atoms with E-state index in [1.165, 1.54) is 11.8 Å². The van der Waals surface area contributed by atoms with Crippen molar-refractivity contribution in [1.82, 2.24) is 9.66 Å². The van der Waals surface area contributed by atoms with Gasteiger partial charge in [0.05, 0.1) is 30.8 Å². The molecule has 0 saturated heterocycles. The van der Waals surface area contributed by atoms with Crippen LogP contribution in [0, 0.1) is 13.8 Å². The fourth-order valence-corrected chi connectivity index (χ4v) is 1.78. The van der Waals surface area contributed by atoms with Crippen molar-refractivity contribution in [3.63, 3.8) is 0 Å². The Bertz CT molecular complexity index is 674. The summed E-state index contributed by atoms with van der Waals surface area (Å²) in [7, 11) is 1.36. The Hall–Kier alpha value is -2.63. The maximum Gasteiger partial charge on any atom is 0.338 e. The number of nitrogens with zero attached hydrogens (tertiary/aromatic N) is 3. The van der Waals surface area contributed by atoms with E-state index in [1.807, 2.05) is 26.0 Å². The third-order valence-electron chi connectivity index (χ3n) is 2.83. The second-order valence-corrected chi connectivity index (χ2v) is 4.40. The highest BCUT2D eigenvalue weighted by Gasteiger charge is 2.09. The van der Waals surface area contributed by atoms with Gasteiger partial charge in [0.1, 0.15) is 0 Å². The molecule has 6 nitrogen and oxygen atoms in total. The number of hydrogen-bond acceptors (Lipinski definition) is 5. The predicted octanol–water partition coefficient (Wildman–Crippen LogP) is 1.75. The van der Waals surface area contributed by atoms with Crippen LogP contribution in [-0.2, 0) is 4.74 Å². The van der Waals surface area contributed by atoms with Gasteiger partial charge in [0.25, 0.3) is 0 Å². The number of rotatable bonds is 3. The fourth-order valence-electron chi connectivity index (χ4n) is 1.78. The number of benzene rings is 1. The maximum absolute atomic E-state index is 11.6. The average Bonchev–Trinajstić information content (AvgIpc) is 2.75. The summed E-state index contributed by atoms with van der Waals surface area (Å²) >= 11 is 0. The van der Waals surface area contributed by atoms with Crippen LogP contribution in [0.4, 0.5) is 5.95 Å². The Balaban J connectivity index is 2.30. The minimum atomic E-state index is -0.365. The highest BCUT2D eigenvalue weighted by molar-refractivity contribution is 5.93. The number of carbonyl (C=O) groups is 1. The van der Waals surface area contributed by atoms with E-state index >= 15 is 0 Å². The van der Waals surface area contributed by atoms with Crippen LogP contribution in [-0.4, -0.2) is 29.0 Å². The molecule has 0 radical (unpaired) electrons. The quantitative estimate of drug-likeness (QED) is 0.681. The van der Waals surface area contributed by atoms with Crippen LogP contribution >= 0.6 is 0 Å². The summed E-state index contributed by atoms with van der Waals surface area (Å²) in [5, 5.41) is 4.20. The molecule has 2 aromatic rings. The van der Waals surface area contributed by atoms with Gasteiger partial charge in [-0.05, 0) is 31.0 Å². The van der Waals surface area contributed by atoms with E-state index in [2.05, 4.69) is 10.1 Å². The number of carbonyl (C=O) groups excluding carboxylic acids is 1. The van der Waals surface area contributed by atoms with Gasteiger partial charge in [0.15, 0.2) is 0 Å². The van der Waals surface area contributed by atoms with E-state index in [1.54, 1.807) is 18.5 Å². The number of hydrogen-bond donors (Lipinski definition) is 1. The Kier molecular flexibility index (Phi) is 3.84. The summed E-state index contributed by atoms with van der Waals surface area (Å²) < 4.78 is 6.22. The lowest BCUT2D eigenvalue weighted by Gasteiger charge is -2.04. The number of methoxy groups -OCH3 is 1. The molecule has 0 bridgehead atoms. The van der Waals surface area contributed by atoms with Crippen LogP contribution < -0.4 is 5.73 Å². The first-order valence-electron chi connectivity index (χ1n) is 6.06. The molecule has 0 spiro atoms. The Morgan fingerprint density at radius 1 is 1.45 bits per heavy atom. The number of ether oxygens (including phenoxy) is 1. The molecule has 2 N–H and O–H groups in total. The number of aromatic nitrogens is 2. The molecule has 0 unspecified atom stereocenters. The first-order chi connectivity index (χ1) is 9.51. The first-order valence-corrected chi connectivity index (χ1v) is 6.06. The summed E-state index contributed by atoms with van der Waals surface area (Å²) in [5.74, 6) is -0.0465. The monoisotopic (exact) mass is 272 g/mol. The van der Waals surface area contributed by atoms with Gasteiger partial charge in [0.2, 0.25) is 5.95 Å². The Morgan fingerprint density at radius 2 is 2.20 bits per heavy atom. The van der Waals surface area contributed by atoms with Gasteiger partial charge in [-0.3, -0.25) is 0 Å². The molecule has 0 fully saturated rings. The van der Waals surface area contributed by atoms with E-state index < -0.39 is 0 Å². The zero-order valence-corrected chi connectivity index (χ0v) is 11.6. The number of nitrogens with two attached hydrogens (primary N) is 1. The molecule has 1 aromatic carbocycles. The highest BCUT2D eigenvalue weighted by Crippen LogP contribution is 2.12. The molecule has 0 amide bonds. The van der Waals surface area contributed by atoms with Gasteiger partial charge in [0, 0.05) is 0 Å². The van der Waals surface area contributed by atoms with Crippen LogP contribution in [0.5, 0.6) is 0 Å². The standard InChI is InChI=1S/C14H16N4O2/c1-9-4-5-11(6-12(9)13(19)20-3)7-16-18-8-10(2)17-14(18)15/h4-8H,1-3H3,(H2,15,17). The largest absolute Gasteiger partial charge is 0.465 e. The Labute approximate surface area is 116 Å². The van der Waals surface area contributed by atoms with Crippen molar-refractivity contribution in [1.29, 1.82) is 0 Å². The molecule has 0 atom stereocenters. The van der Waals surface area contributed by atoms with Crippen molar-refractivity contribution in [3.8, 4) is 0 Å². The summed E-state index contributed by atoms with van der Waals surface area (Å²) in [5.41, 5.74) is 8.64. The molecule has 0 aliphatic carbocycles. The molecule has 0 aliphatic heterocycles. The second-order valence-electron chi connectivity index (χ2n) is 4.40. The number of aryl methyl sites for hydroxylation is 2. The van der Waals surface area contributed by atoms with E-state index in [0.717, 1.165) is 16.8 Å². The van der Waals surface area contributed by atoms with Crippen molar-refractivity contribution in [2.45, 2.75) is 13.8 Å². The summed E-state index contributed by atoms with van der Waals surface area (Å²) in [6.07, 6.45) is 3.34. The fraction of sp³-hybridized carbons (Fsp3) is 0.214. The third-order valence-corrected chi connectivity index (χ3v) is 2.83. The van der Waals surface area contributed by atoms with Crippen LogP contribution in [0.1, 0.15) is 27.2 Å². The Morgan fingerprint density at radius 3 is 2.80 bits per heavy atom.